The van der Waals surface area contributed by atoms with Gasteiger partial charge in [0.1, 0.15) is 0 Å². The van der Waals surface area contributed by atoms with Crippen molar-refractivity contribution >= 4 is 17.5 Å². The maximum Gasteiger partial charge on any atom is 0.244 e. The average Bonchev–Trinajstić information content (AvgIpc) is 3.41. The van der Waals surface area contributed by atoms with Gasteiger partial charge in [0.05, 0.1) is 19.8 Å². The van der Waals surface area contributed by atoms with Crippen molar-refractivity contribution in [1.82, 2.24) is 4.90 Å². The molecule has 0 aromatic heterocycles. The Labute approximate surface area is 189 Å². The summed E-state index contributed by atoms with van der Waals surface area (Å²) in [6, 6.07) is 11.8. The summed E-state index contributed by atoms with van der Waals surface area (Å²) in [6.45, 7) is 4.52. The van der Waals surface area contributed by atoms with Crippen LogP contribution < -0.4 is 14.8 Å². The van der Waals surface area contributed by atoms with Crippen molar-refractivity contribution in [3.05, 3.63) is 53.1 Å². The quantitative estimate of drug-likeness (QED) is 0.689. The van der Waals surface area contributed by atoms with E-state index < -0.39 is 0 Å². The number of benzene rings is 2. The Kier molecular flexibility index (Phi) is 6.68. The van der Waals surface area contributed by atoms with E-state index in [9.17, 15) is 9.59 Å². The minimum atomic E-state index is -0.170. The molecule has 2 aromatic rings. The molecule has 32 heavy (non-hydrogen) atoms. The predicted molar refractivity (Wildman–Crippen MR) is 124 cm³/mol. The lowest BCUT2D eigenvalue weighted by molar-refractivity contribution is -0.131. The van der Waals surface area contributed by atoms with Gasteiger partial charge >= 0.3 is 0 Å². The molecule has 2 aliphatic rings. The Morgan fingerprint density at radius 3 is 2.50 bits per heavy atom. The maximum absolute atomic E-state index is 12.7. The largest absolute Gasteiger partial charge is 0.493 e. The van der Waals surface area contributed by atoms with Crippen LogP contribution in [0.1, 0.15) is 54.7 Å². The molecule has 1 saturated heterocycles. The Balaban J connectivity index is 1.42. The molecule has 1 saturated carbocycles. The van der Waals surface area contributed by atoms with Crippen molar-refractivity contribution in [2.24, 2.45) is 0 Å². The monoisotopic (exact) mass is 436 g/mol. The molecular formula is C26H32N2O4. The number of nitrogens with zero attached hydrogens (tertiary/aromatic N) is 1. The number of carbonyl (C=O) groups is 2. The lowest BCUT2D eigenvalue weighted by Gasteiger charge is -2.19. The average molecular weight is 437 g/mol. The summed E-state index contributed by atoms with van der Waals surface area (Å²) < 4.78 is 11.7. The number of anilines is 1. The minimum Gasteiger partial charge on any atom is -0.493 e. The maximum atomic E-state index is 12.7. The van der Waals surface area contributed by atoms with Gasteiger partial charge in [-0.25, -0.2) is 0 Å². The molecule has 0 unspecified atom stereocenters. The van der Waals surface area contributed by atoms with Gasteiger partial charge in [-0.15, -0.1) is 0 Å². The molecule has 1 aliphatic heterocycles. The Hall–Kier alpha value is -3.02. The lowest BCUT2D eigenvalue weighted by atomic mass is 9.98. The highest BCUT2D eigenvalue weighted by atomic mass is 16.5. The van der Waals surface area contributed by atoms with Crippen LogP contribution in [-0.4, -0.2) is 43.0 Å². The first-order chi connectivity index (χ1) is 15.4. The van der Waals surface area contributed by atoms with Gasteiger partial charge < -0.3 is 19.7 Å². The van der Waals surface area contributed by atoms with Crippen molar-refractivity contribution < 1.29 is 19.1 Å². The predicted octanol–water partition coefficient (Wildman–Crippen LogP) is 4.59. The second-order valence-electron chi connectivity index (χ2n) is 8.92. The van der Waals surface area contributed by atoms with Crippen LogP contribution >= 0.6 is 0 Å². The third-order valence-electron chi connectivity index (χ3n) is 6.55. The number of para-hydroxylation sites is 1. The minimum absolute atomic E-state index is 0.000680. The Morgan fingerprint density at radius 2 is 1.81 bits per heavy atom. The summed E-state index contributed by atoms with van der Waals surface area (Å²) in [5.74, 6) is 1.33. The fourth-order valence-corrected chi connectivity index (χ4v) is 4.74. The molecule has 4 rings (SSSR count). The summed E-state index contributed by atoms with van der Waals surface area (Å²) in [4.78, 5) is 27.0. The van der Waals surface area contributed by atoms with Gasteiger partial charge in [-0.1, -0.05) is 24.3 Å². The van der Waals surface area contributed by atoms with E-state index in [4.69, 9.17) is 9.47 Å². The second-order valence-corrected chi connectivity index (χ2v) is 8.92. The summed E-state index contributed by atoms with van der Waals surface area (Å²) in [5, 5.41) is 2.98. The molecular weight excluding hydrogens is 404 g/mol. The third kappa shape index (κ3) is 4.90. The van der Waals surface area contributed by atoms with Gasteiger partial charge in [-0.05, 0) is 68.4 Å². The van der Waals surface area contributed by atoms with Crippen LogP contribution in [-0.2, 0) is 9.59 Å². The first-order valence-corrected chi connectivity index (χ1v) is 11.4. The molecule has 1 N–H and O–H groups in total. The van der Waals surface area contributed by atoms with Gasteiger partial charge in [0.2, 0.25) is 11.8 Å². The zero-order valence-corrected chi connectivity index (χ0v) is 19.1. The van der Waals surface area contributed by atoms with Crippen LogP contribution in [0, 0.1) is 13.8 Å². The van der Waals surface area contributed by atoms with E-state index in [-0.39, 0.29) is 30.4 Å². The molecule has 6 heteroatoms. The highest BCUT2D eigenvalue weighted by Gasteiger charge is 2.32. The van der Waals surface area contributed by atoms with E-state index in [1.54, 1.807) is 12.0 Å². The number of hydrogen-bond donors (Lipinski definition) is 1. The van der Waals surface area contributed by atoms with E-state index in [0.29, 0.717) is 13.0 Å². The molecule has 1 aliphatic carbocycles. The van der Waals surface area contributed by atoms with Crippen LogP contribution in [0.2, 0.25) is 0 Å². The Morgan fingerprint density at radius 1 is 1.09 bits per heavy atom. The SMILES string of the molecule is COc1ccc([C@@H]2CC(=O)N(CC(=O)Nc3c(C)cccc3C)C2)cc1OC1CCCC1. The smallest absolute Gasteiger partial charge is 0.244 e. The molecule has 1 atom stereocenters. The van der Waals surface area contributed by atoms with E-state index in [1.165, 1.54) is 12.8 Å². The Bertz CT molecular complexity index is 977. The number of ether oxygens (including phenoxy) is 2. The van der Waals surface area contributed by atoms with Gasteiger partial charge in [0.15, 0.2) is 11.5 Å². The third-order valence-corrected chi connectivity index (χ3v) is 6.55. The number of amides is 2. The van der Waals surface area contributed by atoms with Crippen molar-refractivity contribution in [1.29, 1.82) is 0 Å². The van der Waals surface area contributed by atoms with Crippen LogP contribution in [0.3, 0.4) is 0 Å². The van der Waals surface area contributed by atoms with Gasteiger partial charge in [-0.2, -0.15) is 0 Å². The number of hydrogen-bond acceptors (Lipinski definition) is 4. The summed E-state index contributed by atoms with van der Waals surface area (Å²) in [6.07, 6.45) is 5.16. The molecule has 0 bridgehead atoms. The standard InChI is InChI=1S/C26H32N2O4/c1-17-7-6-8-18(2)26(17)27-24(29)16-28-15-20(14-25(28)30)19-11-12-22(31-3)23(13-19)32-21-9-4-5-10-21/h6-8,11-13,20-21H,4-5,9-10,14-16H2,1-3H3,(H,27,29)/t20-/m1/s1. The second kappa shape index (κ2) is 9.63. The van der Waals surface area contributed by atoms with Crippen LogP contribution in [0.25, 0.3) is 0 Å². The zero-order chi connectivity index (χ0) is 22.7. The summed E-state index contributed by atoms with van der Waals surface area (Å²) >= 11 is 0. The van der Waals surface area contributed by atoms with Crippen molar-refractivity contribution in [2.75, 3.05) is 25.5 Å². The van der Waals surface area contributed by atoms with Gasteiger partial charge in [0, 0.05) is 24.6 Å². The fraction of sp³-hybridized carbons (Fsp3) is 0.462. The molecule has 1 heterocycles. The number of aryl methyl sites for hydroxylation is 2. The van der Waals surface area contributed by atoms with Crippen molar-refractivity contribution in [3.8, 4) is 11.5 Å². The molecule has 6 nitrogen and oxygen atoms in total. The first kappa shape index (κ1) is 22.2. The van der Waals surface area contributed by atoms with E-state index in [2.05, 4.69) is 5.32 Å². The molecule has 170 valence electrons. The van der Waals surface area contributed by atoms with E-state index >= 15 is 0 Å². The molecule has 0 radical (unpaired) electrons. The number of carbonyl (C=O) groups excluding carboxylic acids is 2. The number of rotatable bonds is 7. The molecule has 2 aromatic carbocycles. The number of methoxy groups -OCH3 is 1. The van der Waals surface area contributed by atoms with Gasteiger partial charge in [0.25, 0.3) is 0 Å². The van der Waals surface area contributed by atoms with Crippen LogP contribution in [0.4, 0.5) is 5.69 Å². The summed E-state index contributed by atoms with van der Waals surface area (Å²) in [7, 11) is 1.64. The normalized spacial score (nSPS) is 18.8. The topological polar surface area (TPSA) is 67.9 Å². The highest BCUT2D eigenvalue weighted by molar-refractivity contribution is 5.96. The van der Waals surface area contributed by atoms with Crippen LogP contribution in [0.15, 0.2) is 36.4 Å². The fourth-order valence-electron chi connectivity index (χ4n) is 4.74. The lowest BCUT2D eigenvalue weighted by Crippen LogP contribution is -2.34. The van der Waals surface area contributed by atoms with Crippen molar-refractivity contribution in [2.45, 2.75) is 58.0 Å². The molecule has 2 amide bonds. The molecule has 0 spiro atoms. The zero-order valence-electron chi connectivity index (χ0n) is 19.1. The molecule has 2 fully saturated rings. The van der Waals surface area contributed by atoms with E-state index in [0.717, 1.165) is 46.7 Å². The first-order valence-electron chi connectivity index (χ1n) is 11.4. The van der Waals surface area contributed by atoms with Crippen LogP contribution in [0.5, 0.6) is 11.5 Å². The van der Waals surface area contributed by atoms with Gasteiger partial charge in [-0.3, -0.25) is 9.59 Å². The summed E-state index contributed by atoms with van der Waals surface area (Å²) in [5.41, 5.74) is 3.89. The van der Waals surface area contributed by atoms with E-state index in [1.807, 2.05) is 50.2 Å². The highest BCUT2D eigenvalue weighted by Crippen LogP contribution is 2.37. The number of likely N-dealkylation sites (tertiary alicyclic amines) is 1. The number of nitrogens with one attached hydrogen (secondary N) is 1. The van der Waals surface area contributed by atoms with Crippen molar-refractivity contribution in [3.63, 3.8) is 0 Å².